The van der Waals surface area contributed by atoms with Gasteiger partial charge in [-0.3, -0.25) is 9.97 Å². The SMILES string of the molecule is CC(C)c1cc(-c2ccccc2)cc(C(C)C)c1-n1c(-c2[c-]ccc3c2oc2cc(-c4ccc(F)cc4)ccc23)nc2ccccc21.Cc1cccc(C)c1-n1c(-c2[c-]cc(C(F)(F)F)cc2)nc2ccccc21.[Ir]. The second-order valence-electron chi connectivity index (χ2n) is 19.3. The molecular weight excluding hydrogens is 1120 g/mol. The molecule has 3 heterocycles. The summed E-state index contributed by atoms with van der Waals surface area (Å²) in [5, 5.41) is 2.02. The number of aryl methyl sites for hydroxylation is 2. The van der Waals surface area contributed by atoms with Crippen LogP contribution in [0.2, 0.25) is 0 Å². The van der Waals surface area contributed by atoms with Crippen molar-refractivity contribution in [3.05, 3.63) is 228 Å². The molecule has 0 spiro atoms. The molecule has 3 aromatic heterocycles. The third kappa shape index (κ3) is 9.49. The number of hydrogen-bond acceptors (Lipinski definition) is 3. The van der Waals surface area contributed by atoms with Crippen LogP contribution in [0, 0.1) is 31.8 Å². The van der Waals surface area contributed by atoms with E-state index < -0.39 is 11.7 Å². The average molecular weight is 1170 g/mol. The van der Waals surface area contributed by atoms with E-state index in [2.05, 4.69) is 128 Å². The number of benzene rings is 9. The van der Waals surface area contributed by atoms with Gasteiger partial charge in [0.1, 0.15) is 11.4 Å². The Balaban J connectivity index is 0.000000195. The predicted molar refractivity (Wildman–Crippen MR) is 291 cm³/mol. The van der Waals surface area contributed by atoms with E-state index in [-0.39, 0.29) is 37.8 Å². The molecule has 0 N–H and O–H groups in total. The topological polar surface area (TPSA) is 48.8 Å². The molecule has 0 fully saturated rings. The van der Waals surface area contributed by atoms with Crippen LogP contribution in [-0.4, -0.2) is 19.1 Å². The fourth-order valence-electron chi connectivity index (χ4n) is 10.1. The van der Waals surface area contributed by atoms with E-state index in [9.17, 15) is 17.6 Å². The number of furan rings is 1. The fraction of sp³-hybridized carbons (Fsp3) is 0.138. The van der Waals surface area contributed by atoms with Crippen LogP contribution in [0.25, 0.3) is 100 Å². The zero-order valence-electron chi connectivity index (χ0n) is 42.0. The third-order valence-electron chi connectivity index (χ3n) is 13.7. The van der Waals surface area contributed by atoms with E-state index >= 15 is 0 Å². The molecule has 0 saturated heterocycles. The van der Waals surface area contributed by atoms with Crippen molar-refractivity contribution in [2.45, 2.75) is 59.6 Å². The van der Waals surface area contributed by atoms with E-state index in [1.807, 2.05) is 79.1 Å². The van der Waals surface area contributed by atoms with Gasteiger partial charge < -0.3 is 13.6 Å². The van der Waals surface area contributed by atoms with Crippen LogP contribution in [-0.2, 0) is 26.3 Å². The van der Waals surface area contributed by atoms with Gasteiger partial charge in [0.2, 0.25) is 0 Å². The van der Waals surface area contributed by atoms with Gasteiger partial charge in [0.05, 0.1) is 39.3 Å². The minimum Gasteiger partial charge on any atom is -0.501 e. The van der Waals surface area contributed by atoms with Gasteiger partial charge in [0.25, 0.3) is 0 Å². The van der Waals surface area contributed by atoms with E-state index in [4.69, 9.17) is 9.40 Å². The predicted octanol–water partition coefficient (Wildman–Crippen LogP) is 18.2. The number of rotatable bonds is 8. The quantitative estimate of drug-likeness (QED) is 0.113. The minimum absolute atomic E-state index is 0. The normalized spacial score (nSPS) is 11.7. The maximum Gasteiger partial charge on any atom is 0.381 e. The minimum atomic E-state index is -4.39. The van der Waals surface area contributed by atoms with Gasteiger partial charge in [0, 0.05) is 36.9 Å². The number of nitrogens with zero attached hydrogens (tertiary/aromatic N) is 4. The number of hydrogen-bond donors (Lipinski definition) is 0. The zero-order valence-corrected chi connectivity index (χ0v) is 44.4. The Kier molecular flexibility index (Phi) is 13.8. The first-order valence-corrected chi connectivity index (χ1v) is 24.7. The summed E-state index contributed by atoms with van der Waals surface area (Å²) in [7, 11) is 0. The number of imidazole rings is 2. The molecule has 0 aliphatic heterocycles. The van der Waals surface area contributed by atoms with Gasteiger partial charge in [-0.1, -0.05) is 136 Å². The standard InChI is InChI=1S/C43H34FN2O.C22H16F3N2.Ir/c1-26(2)36-23-31(28-11-6-5-7-12-28)24-37(27(3)4)41(36)46-39-16-9-8-15-38(39)45-43(46)35-14-10-13-34-33-22-19-30(25-40(33)47-42(34)35)29-17-20-32(44)21-18-29;1-14-6-5-7-15(2)20(14)27-19-9-4-3-8-18(19)26-21(27)16-10-12-17(13-11-16)22(23,24)25;/h5-13,15-27H,1-4H3;3-10,12-13H,1-2H3;/q2*-1;. The summed E-state index contributed by atoms with van der Waals surface area (Å²) < 4.78 is 63.3. The van der Waals surface area contributed by atoms with Crippen molar-refractivity contribution in [2.75, 3.05) is 0 Å². The Morgan fingerprint density at radius 1 is 0.533 bits per heavy atom. The van der Waals surface area contributed by atoms with E-state index in [0.717, 1.165) is 95.5 Å². The summed E-state index contributed by atoms with van der Waals surface area (Å²) in [6.45, 7) is 13.1. The first-order valence-electron chi connectivity index (χ1n) is 24.7. The summed E-state index contributed by atoms with van der Waals surface area (Å²) in [5.41, 5.74) is 16.9. The first-order chi connectivity index (χ1) is 35.7. The van der Waals surface area contributed by atoms with Crippen LogP contribution >= 0.6 is 0 Å². The van der Waals surface area contributed by atoms with Crippen LogP contribution in [0.5, 0.6) is 0 Å². The van der Waals surface area contributed by atoms with Crippen LogP contribution in [0.1, 0.15) is 67.3 Å². The number of para-hydroxylation sites is 5. The molecule has 12 rings (SSSR count). The van der Waals surface area contributed by atoms with Crippen LogP contribution in [0.4, 0.5) is 17.6 Å². The van der Waals surface area contributed by atoms with Crippen molar-refractivity contribution >= 4 is 44.0 Å². The second-order valence-corrected chi connectivity index (χ2v) is 19.3. The molecule has 0 aliphatic carbocycles. The molecule has 0 amide bonds. The summed E-state index contributed by atoms with van der Waals surface area (Å²) >= 11 is 0. The summed E-state index contributed by atoms with van der Waals surface area (Å²) in [6.07, 6.45) is -4.39. The summed E-state index contributed by atoms with van der Waals surface area (Å²) in [6, 6.07) is 63.9. The van der Waals surface area contributed by atoms with Gasteiger partial charge in [-0.15, -0.1) is 48.0 Å². The van der Waals surface area contributed by atoms with E-state index in [0.29, 0.717) is 11.4 Å². The van der Waals surface area contributed by atoms with Crippen molar-refractivity contribution in [1.29, 1.82) is 0 Å². The molecule has 0 unspecified atom stereocenters. The zero-order chi connectivity index (χ0) is 51.4. The second kappa shape index (κ2) is 20.4. The molecule has 10 heteroatoms. The van der Waals surface area contributed by atoms with Gasteiger partial charge in [0.15, 0.2) is 0 Å². The molecule has 0 aliphatic rings. The van der Waals surface area contributed by atoms with Crippen molar-refractivity contribution in [2.24, 2.45) is 0 Å². The molecule has 5 nitrogen and oxygen atoms in total. The Morgan fingerprint density at radius 2 is 1.11 bits per heavy atom. The van der Waals surface area contributed by atoms with E-state index in [1.54, 1.807) is 12.1 Å². The van der Waals surface area contributed by atoms with Gasteiger partial charge in [-0.2, -0.15) is 13.2 Å². The first kappa shape index (κ1) is 50.6. The monoisotopic (exact) mass is 1170 g/mol. The van der Waals surface area contributed by atoms with Crippen LogP contribution in [0.15, 0.2) is 186 Å². The molecule has 0 atom stereocenters. The van der Waals surface area contributed by atoms with Crippen molar-refractivity contribution < 1.29 is 42.1 Å². The number of aromatic nitrogens is 4. The summed E-state index contributed by atoms with van der Waals surface area (Å²) in [4.78, 5) is 9.95. The molecule has 0 bridgehead atoms. The van der Waals surface area contributed by atoms with Crippen molar-refractivity contribution in [1.82, 2.24) is 19.1 Å². The molecular formula is C65H50F4IrN4O-2. The van der Waals surface area contributed by atoms with Crippen molar-refractivity contribution in [3.63, 3.8) is 0 Å². The molecule has 1 radical (unpaired) electrons. The average Bonchev–Trinajstić information content (AvgIpc) is 4.10. The fourth-order valence-corrected chi connectivity index (χ4v) is 10.1. The van der Waals surface area contributed by atoms with Gasteiger partial charge >= 0.3 is 6.18 Å². The van der Waals surface area contributed by atoms with Crippen LogP contribution in [0.3, 0.4) is 0 Å². The molecule has 0 saturated carbocycles. The Morgan fingerprint density at radius 3 is 1.71 bits per heavy atom. The number of alkyl halides is 3. The van der Waals surface area contributed by atoms with Gasteiger partial charge in [-0.25, -0.2) is 4.39 Å². The Labute approximate surface area is 446 Å². The maximum atomic E-state index is 13.6. The number of halogens is 4. The summed E-state index contributed by atoms with van der Waals surface area (Å²) in [5.74, 6) is 1.64. The smallest absolute Gasteiger partial charge is 0.381 e. The molecule has 12 aromatic rings. The Hall–Kier alpha value is -7.91. The molecule has 375 valence electrons. The van der Waals surface area contributed by atoms with Crippen LogP contribution < -0.4 is 0 Å². The largest absolute Gasteiger partial charge is 0.501 e. The van der Waals surface area contributed by atoms with E-state index in [1.165, 1.54) is 46.1 Å². The third-order valence-corrected chi connectivity index (χ3v) is 13.7. The maximum absolute atomic E-state index is 13.6. The van der Waals surface area contributed by atoms with Gasteiger partial charge in [-0.05, 0) is 130 Å². The number of fused-ring (bicyclic) bond motifs is 5. The Bertz CT molecular complexity index is 3990. The molecule has 75 heavy (non-hydrogen) atoms. The van der Waals surface area contributed by atoms with Crippen molar-refractivity contribution in [3.8, 4) is 56.4 Å². The molecule has 9 aromatic carbocycles.